The van der Waals surface area contributed by atoms with E-state index < -0.39 is 17.9 Å². The molecule has 0 saturated heterocycles. The number of aromatic hydroxyl groups is 1. The highest BCUT2D eigenvalue weighted by Gasteiger charge is 2.25. The Bertz CT molecular complexity index is 1350. The first kappa shape index (κ1) is 22.7. The molecule has 8 nitrogen and oxygen atoms in total. The molecule has 1 fully saturated rings. The molecule has 1 atom stereocenters. The van der Waals surface area contributed by atoms with E-state index in [1.165, 1.54) is 31.4 Å². The molecule has 2 heterocycles. The van der Waals surface area contributed by atoms with Gasteiger partial charge in [0.2, 0.25) is 0 Å². The zero-order chi connectivity index (χ0) is 24.4. The Kier molecular flexibility index (Phi) is 6.27. The average Bonchev–Trinajstić information content (AvgIpc) is 3.51. The smallest absolute Gasteiger partial charge is 0.326 e. The van der Waals surface area contributed by atoms with E-state index in [0.717, 1.165) is 29.7 Å². The van der Waals surface area contributed by atoms with Gasteiger partial charge in [-0.05, 0) is 54.8 Å². The van der Waals surface area contributed by atoms with Crippen LogP contribution in [0.15, 0.2) is 65.5 Å². The number of hydrogen-bond acceptors (Lipinski definition) is 5. The molecule has 0 radical (unpaired) electrons. The van der Waals surface area contributed by atoms with Crippen LogP contribution in [0, 0.1) is 0 Å². The van der Waals surface area contributed by atoms with E-state index in [1.807, 2.05) is 12.1 Å². The Hall–Kier alpha value is -4.07. The van der Waals surface area contributed by atoms with Crippen molar-refractivity contribution in [2.75, 3.05) is 0 Å². The van der Waals surface area contributed by atoms with Gasteiger partial charge < -0.3 is 24.5 Å². The van der Waals surface area contributed by atoms with Crippen LogP contribution in [0.4, 0.5) is 0 Å². The topological polar surface area (TPSA) is 118 Å². The van der Waals surface area contributed by atoms with E-state index in [-0.39, 0.29) is 12.2 Å². The summed E-state index contributed by atoms with van der Waals surface area (Å²) in [5.41, 5.74) is 3.46. The molecule has 0 spiro atoms. The average molecular weight is 474 g/mol. The highest BCUT2D eigenvalue weighted by Crippen LogP contribution is 2.36. The number of phenolic OH excluding ortho intramolecular Hbond substituents is 1. The molecular formula is C27H27N3O5. The number of carbonyl (C=O) groups is 2. The second-order valence-electron chi connectivity index (χ2n) is 9.05. The van der Waals surface area contributed by atoms with E-state index in [2.05, 4.69) is 9.88 Å². The SMILES string of the molecule is O=C(NC(Cc1cccc(O)c1)C(=O)O)c1ccc2c(c1)nc(-c1ccoc1)n2C1CCCCC1. The first-order chi connectivity index (χ1) is 17.0. The Labute approximate surface area is 202 Å². The highest BCUT2D eigenvalue weighted by molar-refractivity contribution is 5.99. The van der Waals surface area contributed by atoms with Gasteiger partial charge in [-0.3, -0.25) is 4.79 Å². The molecule has 180 valence electrons. The molecule has 4 aromatic rings. The van der Waals surface area contributed by atoms with Gasteiger partial charge in [0.1, 0.15) is 23.9 Å². The predicted octanol–water partition coefficient (Wildman–Crippen LogP) is 4.93. The molecule has 8 heteroatoms. The van der Waals surface area contributed by atoms with E-state index in [0.29, 0.717) is 22.7 Å². The summed E-state index contributed by atoms with van der Waals surface area (Å²) in [6, 6.07) is 12.7. The zero-order valence-corrected chi connectivity index (χ0v) is 19.2. The molecule has 1 saturated carbocycles. The van der Waals surface area contributed by atoms with E-state index in [1.54, 1.807) is 36.8 Å². The second-order valence-corrected chi connectivity index (χ2v) is 9.05. The van der Waals surface area contributed by atoms with Gasteiger partial charge in [-0.25, -0.2) is 9.78 Å². The van der Waals surface area contributed by atoms with Gasteiger partial charge >= 0.3 is 5.97 Å². The van der Waals surface area contributed by atoms with Crippen molar-refractivity contribution >= 4 is 22.9 Å². The number of carboxylic acid groups (broad SMARTS) is 1. The van der Waals surface area contributed by atoms with Gasteiger partial charge in [-0.2, -0.15) is 0 Å². The number of furan rings is 1. The van der Waals surface area contributed by atoms with Gasteiger partial charge in [0.15, 0.2) is 0 Å². The fourth-order valence-electron chi connectivity index (χ4n) is 4.90. The van der Waals surface area contributed by atoms with E-state index in [4.69, 9.17) is 9.40 Å². The van der Waals surface area contributed by atoms with Crippen molar-refractivity contribution in [2.45, 2.75) is 50.6 Å². The summed E-state index contributed by atoms with van der Waals surface area (Å²) in [6.07, 6.45) is 9.09. The van der Waals surface area contributed by atoms with Gasteiger partial charge in [0, 0.05) is 18.0 Å². The zero-order valence-electron chi connectivity index (χ0n) is 19.2. The number of nitrogens with one attached hydrogen (secondary N) is 1. The molecule has 1 aliphatic rings. The number of nitrogens with zero attached hydrogens (tertiary/aromatic N) is 2. The third-order valence-corrected chi connectivity index (χ3v) is 6.62. The van der Waals surface area contributed by atoms with E-state index >= 15 is 0 Å². The van der Waals surface area contributed by atoms with Crippen LogP contribution in [0.1, 0.15) is 54.1 Å². The number of aromatic nitrogens is 2. The molecular weight excluding hydrogens is 446 g/mol. The standard InChI is InChI=1S/C27H27N3O5/c31-21-8-4-5-17(13-21)14-23(27(33)34)29-26(32)18-9-10-24-22(15-18)28-25(19-11-12-35-16-19)30(24)20-6-2-1-3-7-20/h4-5,8-13,15-16,20,23,31H,1-3,6-7,14H2,(H,29,32)(H,33,34). The third kappa shape index (κ3) is 4.77. The normalized spacial score (nSPS) is 15.2. The molecule has 1 unspecified atom stereocenters. The van der Waals surface area contributed by atoms with Crippen LogP contribution in [-0.4, -0.2) is 37.7 Å². The Morgan fingerprint density at radius 3 is 2.66 bits per heavy atom. The van der Waals surface area contributed by atoms with Crippen LogP contribution in [0.5, 0.6) is 5.75 Å². The van der Waals surface area contributed by atoms with Crippen LogP contribution >= 0.6 is 0 Å². The largest absolute Gasteiger partial charge is 0.508 e. The summed E-state index contributed by atoms with van der Waals surface area (Å²) in [5.74, 6) is -0.779. The molecule has 3 N–H and O–H groups in total. The van der Waals surface area contributed by atoms with Gasteiger partial charge in [-0.1, -0.05) is 31.4 Å². The number of fused-ring (bicyclic) bond motifs is 1. The Morgan fingerprint density at radius 2 is 1.94 bits per heavy atom. The number of aliphatic carboxylic acids is 1. The minimum absolute atomic E-state index is 0.0467. The molecule has 1 amide bonds. The minimum Gasteiger partial charge on any atom is -0.508 e. The van der Waals surface area contributed by atoms with Crippen LogP contribution < -0.4 is 5.32 Å². The summed E-state index contributed by atoms with van der Waals surface area (Å²) < 4.78 is 7.56. The van der Waals surface area contributed by atoms with E-state index in [9.17, 15) is 19.8 Å². The fourth-order valence-corrected chi connectivity index (χ4v) is 4.90. The number of carboxylic acids is 1. The molecule has 2 aromatic carbocycles. The lowest BCUT2D eigenvalue weighted by Gasteiger charge is -2.25. The number of hydrogen-bond donors (Lipinski definition) is 3. The summed E-state index contributed by atoms with van der Waals surface area (Å²) in [4.78, 5) is 29.7. The number of phenols is 1. The lowest BCUT2D eigenvalue weighted by Crippen LogP contribution is -2.42. The molecule has 5 rings (SSSR count). The van der Waals surface area contributed by atoms with Crippen molar-refractivity contribution in [3.63, 3.8) is 0 Å². The summed E-state index contributed by atoms with van der Waals surface area (Å²) in [5, 5.41) is 21.9. The second kappa shape index (κ2) is 9.66. The molecule has 0 aliphatic heterocycles. The maximum absolute atomic E-state index is 13.0. The fraction of sp³-hybridized carbons (Fsp3) is 0.296. The van der Waals surface area contributed by atoms with Crippen molar-refractivity contribution in [3.8, 4) is 17.1 Å². The molecule has 2 aromatic heterocycles. The maximum Gasteiger partial charge on any atom is 0.326 e. The Morgan fingerprint density at radius 1 is 1.11 bits per heavy atom. The molecule has 35 heavy (non-hydrogen) atoms. The quantitative estimate of drug-likeness (QED) is 0.350. The number of imidazole rings is 1. The number of carbonyl (C=O) groups excluding carboxylic acids is 1. The van der Waals surface area contributed by atoms with Crippen molar-refractivity contribution in [1.82, 2.24) is 14.9 Å². The van der Waals surface area contributed by atoms with Crippen molar-refractivity contribution in [2.24, 2.45) is 0 Å². The molecule has 0 bridgehead atoms. The predicted molar refractivity (Wildman–Crippen MR) is 130 cm³/mol. The Balaban J connectivity index is 1.44. The summed E-state index contributed by atoms with van der Waals surface area (Å²) >= 11 is 0. The van der Waals surface area contributed by atoms with Gasteiger partial charge in [-0.15, -0.1) is 0 Å². The number of amides is 1. The first-order valence-electron chi connectivity index (χ1n) is 11.9. The van der Waals surface area contributed by atoms with Crippen LogP contribution in [-0.2, 0) is 11.2 Å². The van der Waals surface area contributed by atoms with Gasteiger partial charge in [0.05, 0.1) is 22.9 Å². The van der Waals surface area contributed by atoms with Crippen molar-refractivity contribution in [1.29, 1.82) is 0 Å². The van der Waals surface area contributed by atoms with Crippen molar-refractivity contribution in [3.05, 3.63) is 72.2 Å². The summed E-state index contributed by atoms with van der Waals surface area (Å²) in [6.45, 7) is 0. The van der Waals surface area contributed by atoms with Crippen LogP contribution in [0.2, 0.25) is 0 Å². The summed E-state index contributed by atoms with van der Waals surface area (Å²) in [7, 11) is 0. The highest BCUT2D eigenvalue weighted by atomic mass is 16.4. The third-order valence-electron chi connectivity index (χ3n) is 6.62. The van der Waals surface area contributed by atoms with Crippen LogP contribution in [0.25, 0.3) is 22.4 Å². The van der Waals surface area contributed by atoms with Gasteiger partial charge in [0.25, 0.3) is 5.91 Å². The minimum atomic E-state index is -1.15. The van der Waals surface area contributed by atoms with Crippen molar-refractivity contribution < 1.29 is 24.2 Å². The molecule has 1 aliphatic carbocycles. The number of rotatable bonds is 7. The monoisotopic (exact) mass is 473 g/mol. The maximum atomic E-state index is 13.0. The van der Waals surface area contributed by atoms with Crippen LogP contribution in [0.3, 0.4) is 0 Å². The number of benzene rings is 2. The first-order valence-corrected chi connectivity index (χ1v) is 11.9. The lowest BCUT2D eigenvalue weighted by molar-refractivity contribution is -0.139. The lowest BCUT2D eigenvalue weighted by atomic mass is 9.95.